The highest BCUT2D eigenvalue weighted by Gasteiger charge is 2.52. The number of rotatable bonds is 6. The van der Waals surface area contributed by atoms with E-state index in [2.05, 4.69) is 8.37 Å². The lowest BCUT2D eigenvalue weighted by atomic mass is 9.97. The Morgan fingerprint density at radius 3 is 1.69 bits per heavy atom. The van der Waals surface area contributed by atoms with Crippen molar-refractivity contribution in [1.82, 2.24) is 0 Å². The SMILES string of the molecule is C[C@@H]1O[C@@H](O[C@H]2[C@H](O)[C@H](O)O[C@@H](C)[C@H]2OS(=O)(=O)O)[C@@H](O)[C@H](O)[C@@H]1OS(=O)(=O)O. The summed E-state index contributed by atoms with van der Waals surface area (Å²) in [6.07, 6.45) is -17.3. The summed E-state index contributed by atoms with van der Waals surface area (Å²) in [7, 11) is -10.1. The van der Waals surface area contributed by atoms with Crippen molar-refractivity contribution in [3.63, 3.8) is 0 Å². The van der Waals surface area contributed by atoms with E-state index in [0.29, 0.717) is 0 Å². The summed E-state index contributed by atoms with van der Waals surface area (Å²) >= 11 is 0. The van der Waals surface area contributed by atoms with Gasteiger partial charge in [-0.2, -0.15) is 16.8 Å². The van der Waals surface area contributed by atoms with Crippen molar-refractivity contribution in [3.05, 3.63) is 0 Å². The van der Waals surface area contributed by atoms with E-state index in [1.165, 1.54) is 13.8 Å². The van der Waals surface area contributed by atoms with Crippen LogP contribution in [0.5, 0.6) is 0 Å². The monoisotopic (exact) mass is 470 g/mol. The third-order valence-electron chi connectivity index (χ3n) is 4.30. The maximum Gasteiger partial charge on any atom is 0.397 e. The molecule has 2 saturated heterocycles. The molecular formula is C12H22O15S2. The predicted octanol–water partition coefficient (Wildman–Crippen LogP) is -3.69. The van der Waals surface area contributed by atoms with E-state index in [1.54, 1.807) is 0 Å². The van der Waals surface area contributed by atoms with Gasteiger partial charge in [0.2, 0.25) is 0 Å². The summed E-state index contributed by atoms with van der Waals surface area (Å²) in [6, 6.07) is 0. The van der Waals surface area contributed by atoms with Crippen LogP contribution in [0.1, 0.15) is 13.8 Å². The second-order valence-corrected chi connectivity index (χ2v) is 8.59. The van der Waals surface area contributed by atoms with Gasteiger partial charge in [0.05, 0.1) is 12.2 Å². The van der Waals surface area contributed by atoms with Gasteiger partial charge in [-0.15, -0.1) is 0 Å². The van der Waals surface area contributed by atoms with Gasteiger partial charge in [0.25, 0.3) is 0 Å². The summed E-state index contributed by atoms with van der Waals surface area (Å²) in [6.45, 7) is 2.43. The number of aliphatic hydroxyl groups is 4. The van der Waals surface area contributed by atoms with Gasteiger partial charge in [-0.3, -0.25) is 9.11 Å². The van der Waals surface area contributed by atoms with E-state index in [0.717, 1.165) is 0 Å². The van der Waals surface area contributed by atoms with Crippen LogP contribution in [0.2, 0.25) is 0 Å². The highest BCUT2D eigenvalue weighted by Crippen LogP contribution is 2.31. The molecule has 2 aliphatic heterocycles. The molecule has 0 radical (unpaired) electrons. The van der Waals surface area contributed by atoms with Crippen LogP contribution in [0.15, 0.2) is 0 Å². The van der Waals surface area contributed by atoms with Crippen LogP contribution in [0.25, 0.3) is 0 Å². The normalized spacial score (nSPS) is 44.6. The fourth-order valence-corrected chi connectivity index (χ4v) is 4.08. The molecule has 0 aromatic carbocycles. The molecule has 0 bridgehead atoms. The zero-order valence-electron chi connectivity index (χ0n) is 14.9. The molecule has 0 aliphatic carbocycles. The maximum absolute atomic E-state index is 11.1. The topological polar surface area (TPSA) is 236 Å². The van der Waals surface area contributed by atoms with Crippen LogP contribution in [0.4, 0.5) is 0 Å². The van der Waals surface area contributed by atoms with Crippen LogP contribution in [-0.4, -0.2) is 108 Å². The minimum Gasteiger partial charge on any atom is -0.387 e. The first kappa shape index (κ1) is 24.7. The zero-order valence-corrected chi connectivity index (χ0v) is 16.6. The average Bonchev–Trinajstić information content (AvgIpc) is 2.55. The van der Waals surface area contributed by atoms with E-state index in [1.807, 2.05) is 0 Å². The number of aliphatic hydroxyl groups excluding tert-OH is 4. The molecule has 2 rings (SSSR count). The maximum atomic E-state index is 11.1. The largest absolute Gasteiger partial charge is 0.397 e. The van der Waals surface area contributed by atoms with E-state index < -0.39 is 82.2 Å². The van der Waals surface area contributed by atoms with Gasteiger partial charge in [0.1, 0.15) is 36.6 Å². The molecule has 2 heterocycles. The van der Waals surface area contributed by atoms with Crippen LogP contribution in [-0.2, 0) is 43.4 Å². The molecule has 0 amide bonds. The Morgan fingerprint density at radius 1 is 0.690 bits per heavy atom. The van der Waals surface area contributed by atoms with Crippen LogP contribution < -0.4 is 0 Å². The molecule has 2 aliphatic rings. The first-order chi connectivity index (χ1) is 13.1. The van der Waals surface area contributed by atoms with Crippen molar-refractivity contribution in [2.75, 3.05) is 0 Å². The standard InChI is InChI=1S/C12H22O15S2/c1-3-8(26-28(17,18)19)5(13)6(14)12(24-3)25-10-7(15)11(16)23-4(2)9(10)27-29(20,21)22/h3-16H,1-2H3,(H,17,18,19)(H,20,21,22)/t3-,4-,5-,6-,7-,8+,9+,10-,11+,12-/m0/s1. The van der Waals surface area contributed by atoms with Crippen LogP contribution in [0.3, 0.4) is 0 Å². The number of ether oxygens (including phenoxy) is 3. The number of hydrogen-bond donors (Lipinski definition) is 6. The Bertz CT molecular complexity index is 768. The summed E-state index contributed by atoms with van der Waals surface area (Å²) < 4.78 is 85.6. The number of hydrogen-bond acceptors (Lipinski definition) is 13. The van der Waals surface area contributed by atoms with Crippen molar-refractivity contribution in [2.45, 2.75) is 75.3 Å². The van der Waals surface area contributed by atoms with Crippen LogP contribution >= 0.6 is 0 Å². The van der Waals surface area contributed by atoms with Gasteiger partial charge in [-0.25, -0.2) is 8.37 Å². The predicted molar refractivity (Wildman–Crippen MR) is 86.6 cm³/mol. The highest BCUT2D eigenvalue weighted by atomic mass is 32.3. The minimum absolute atomic E-state index is 1.20. The van der Waals surface area contributed by atoms with Gasteiger partial charge < -0.3 is 34.6 Å². The second kappa shape index (κ2) is 8.91. The fraction of sp³-hybridized carbons (Fsp3) is 1.00. The van der Waals surface area contributed by atoms with Crippen molar-refractivity contribution >= 4 is 20.8 Å². The Balaban J connectivity index is 2.22. The molecule has 0 spiro atoms. The van der Waals surface area contributed by atoms with Crippen molar-refractivity contribution < 1.29 is 68.9 Å². The van der Waals surface area contributed by atoms with E-state index in [-0.39, 0.29) is 0 Å². The molecule has 172 valence electrons. The quantitative estimate of drug-likeness (QED) is 0.205. The molecule has 0 aromatic heterocycles. The molecule has 2 fully saturated rings. The molecule has 15 nitrogen and oxygen atoms in total. The van der Waals surface area contributed by atoms with Gasteiger partial charge >= 0.3 is 20.8 Å². The first-order valence-electron chi connectivity index (χ1n) is 8.10. The first-order valence-corrected chi connectivity index (χ1v) is 10.8. The zero-order chi connectivity index (χ0) is 22.3. The van der Waals surface area contributed by atoms with Gasteiger partial charge in [0, 0.05) is 0 Å². The highest BCUT2D eigenvalue weighted by molar-refractivity contribution is 7.81. The molecule has 0 saturated carbocycles. The Morgan fingerprint density at radius 2 is 1.17 bits per heavy atom. The average molecular weight is 470 g/mol. The third-order valence-corrected chi connectivity index (χ3v) is 5.23. The molecule has 0 aromatic rings. The molecule has 10 atom stereocenters. The third kappa shape index (κ3) is 6.23. The van der Waals surface area contributed by atoms with Gasteiger partial charge in [-0.1, -0.05) is 0 Å². The summed E-state index contributed by atoms with van der Waals surface area (Å²) in [5, 5.41) is 40.0. The summed E-state index contributed by atoms with van der Waals surface area (Å²) in [5.74, 6) is 0. The fourth-order valence-electron chi connectivity index (χ4n) is 2.98. The van der Waals surface area contributed by atoms with Crippen molar-refractivity contribution in [2.24, 2.45) is 0 Å². The Kier molecular flexibility index (Phi) is 7.59. The molecular weight excluding hydrogens is 448 g/mol. The Labute approximate surface area is 165 Å². The molecule has 6 N–H and O–H groups in total. The van der Waals surface area contributed by atoms with E-state index in [4.69, 9.17) is 23.3 Å². The lowest BCUT2D eigenvalue weighted by Crippen LogP contribution is -2.64. The summed E-state index contributed by atoms with van der Waals surface area (Å²) in [5.41, 5.74) is 0. The lowest BCUT2D eigenvalue weighted by molar-refractivity contribution is -0.345. The molecule has 0 unspecified atom stereocenters. The molecule has 17 heteroatoms. The Hall–Kier alpha value is -0.540. The van der Waals surface area contributed by atoms with Gasteiger partial charge in [-0.05, 0) is 13.8 Å². The van der Waals surface area contributed by atoms with Crippen LogP contribution in [0, 0.1) is 0 Å². The van der Waals surface area contributed by atoms with Crippen molar-refractivity contribution in [1.29, 1.82) is 0 Å². The summed E-state index contributed by atoms with van der Waals surface area (Å²) in [4.78, 5) is 0. The van der Waals surface area contributed by atoms with Crippen molar-refractivity contribution in [3.8, 4) is 0 Å². The van der Waals surface area contributed by atoms with E-state index in [9.17, 15) is 37.3 Å². The lowest BCUT2D eigenvalue weighted by Gasteiger charge is -2.45. The smallest absolute Gasteiger partial charge is 0.387 e. The van der Waals surface area contributed by atoms with E-state index >= 15 is 0 Å². The van der Waals surface area contributed by atoms with Gasteiger partial charge in [0.15, 0.2) is 12.6 Å². The minimum atomic E-state index is -5.06. The molecule has 29 heavy (non-hydrogen) atoms. The second-order valence-electron chi connectivity index (χ2n) is 6.49.